The molecule has 2 aromatic heterocycles. The molecule has 164 valence electrons. The third-order valence-corrected chi connectivity index (χ3v) is 6.62. The van der Waals surface area contributed by atoms with Crippen LogP contribution < -0.4 is 5.32 Å². The summed E-state index contributed by atoms with van der Waals surface area (Å²) in [6.07, 6.45) is 3.18. The third kappa shape index (κ3) is 4.72. The van der Waals surface area contributed by atoms with Gasteiger partial charge in [-0.05, 0) is 31.2 Å². The van der Waals surface area contributed by atoms with Gasteiger partial charge in [-0.2, -0.15) is 9.40 Å². The molecule has 0 atom stereocenters. The lowest BCUT2D eigenvalue weighted by atomic mass is 10.2. The average molecular weight is 446 g/mol. The molecule has 0 spiro atoms. The smallest absolute Gasteiger partial charge is 0.344 e. The van der Waals surface area contributed by atoms with Crippen molar-refractivity contribution in [2.45, 2.75) is 25.7 Å². The Hall–Kier alpha value is -3.31. The number of carbonyl (C=O) groups excluding carboxylic acids is 2. The number of sulfonamides is 1. The molecule has 0 bridgehead atoms. The number of carbonyl (C=O) groups is 2. The highest BCUT2D eigenvalue weighted by Crippen LogP contribution is 2.20. The van der Waals surface area contributed by atoms with Gasteiger partial charge in [0.2, 0.25) is 10.0 Å². The zero-order valence-electron chi connectivity index (χ0n) is 17.4. The van der Waals surface area contributed by atoms with Gasteiger partial charge in [-0.15, -0.1) is 0 Å². The summed E-state index contributed by atoms with van der Waals surface area (Å²) in [5.74, 6) is -1.33. The Balaban J connectivity index is 1.67. The number of nitrogens with one attached hydrogen (secondary N) is 1. The van der Waals surface area contributed by atoms with Crippen molar-refractivity contribution in [3.8, 4) is 0 Å². The Bertz CT molecular complexity index is 1220. The van der Waals surface area contributed by atoms with Crippen LogP contribution in [0.5, 0.6) is 0 Å². The Kier molecular flexibility index (Phi) is 6.66. The van der Waals surface area contributed by atoms with E-state index in [2.05, 4.69) is 15.4 Å². The molecule has 0 aliphatic rings. The number of hydrogen-bond acceptors (Lipinski definition) is 7. The third-order valence-electron chi connectivity index (χ3n) is 4.57. The van der Waals surface area contributed by atoms with Gasteiger partial charge >= 0.3 is 5.97 Å². The second-order valence-corrected chi connectivity index (χ2v) is 8.53. The topological polar surface area (TPSA) is 123 Å². The zero-order chi connectivity index (χ0) is 22.6. The second kappa shape index (κ2) is 9.23. The summed E-state index contributed by atoms with van der Waals surface area (Å²) < 4.78 is 33.2. The van der Waals surface area contributed by atoms with Gasteiger partial charge < -0.3 is 10.1 Å². The van der Waals surface area contributed by atoms with Gasteiger partial charge in [0.15, 0.2) is 12.3 Å². The number of fused-ring (bicyclic) bond motifs is 1. The Morgan fingerprint density at radius 3 is 2.65 bits per heavy atom. The maximum atomic E-state index is 12.6. The molecule has 10 nitrogen and oxygen atoms in total. The van der Waals surface area contributed by atoms with E-state index >= 15 is 0 Å². The molecule has 11 heteroatoms. The minimum atomic E-state index is -3.66. The number of esters is 1. The first kappa shape index (κ1) is 22.4. The molecular formula is C20H23N5O5S. The molecule has 1 aromatic carbocycles. The SMILES string of the molecule is CCN(CC)S(=O)(=O)c1cccc(NC(=O)COC(=O)c2c(C)nn3cccnc23)c1. The number of amides is 1. The molecule has 1 amide bonds. The van der Waals surface area contributed by atoms with Crippen molar-refractivity contribution in [3.63, 3.8) is 0 Å². The molecule has 0 radical (unpaired) electrons. The summed E-state index contributed by atoms with van der Waals surface area (Å²) in [5, 5.41) is 6.73. The number of aryl methyl sites for hydroxylation is 1. The van der Waals surface area contributed by atoms with Crippen LogP contribution in [0.4, 0.5) is 5.69 Å². The molecule has 0 aliphatic heterocycles. The van der Waals surface area contributed by atoms with Crippen molar-refractivity contribution < 1.29 is 22.7 Å². The van der Waals surface area contributed by atoms with Gasteiger partial charge in [-0.25, -0.2) is 22.7 Å². The van der Waals surface area contributed by atoms with Gasteiger partial charge in [-0.3, -0.25) is 4.79 Å². The lowest BCUT2D eigenvalue weighted by Gasteiger charge is -2.18. The summed E-state index contributed by atoms with van der Waals surface area (Å²) in [6, 6.07) is 7.60. The summed E-state index contributed by atoms with van der Waals surface area (Å²) in [7, 11) is -3.66. The summed E-state index contributed by atoms with van der Waals surface area (Å²) in [4.78, 5) is 28.9. The summed E-state index contributed by atoms with van der Waals surface area (Å²) in [6.45, 7) is 5.28. The highest BCUT2D eigenvalue weighted by Gasteiger charge is 2.23. The first-order valence-corrected chi connectivity index (χ1v) is 11.1. The Morgan fingerprint density at radius 2 is 1.94 bits per heavy atom. The molecule has 0 saturated heterocycles. The number of ether oxygens (including phenoxy) is 1. The van der Waals surface area contributed by atoms with E-state index in [1.165, 1.54) is 33.2 Å². The van der Waals surface area contributed by atoms with Crippen LogP contribution in [0.15, 0.2) is 47.6 Å². The van der Waals surface area contributed by atoms with Crippen molar-refractivity contribution in [3.05, 3.63) is 54.0 Å². The minimum absolute atomic E-state index is 0.0686. The van der Waals surface area contributed by atoms with Crippen molar-refractivity contribution in [1.82, 2.24) is 18.9 Å². The van der Waals surface area contributed by atoms with Crippen LogP contribution >= 0.6 is 0 Å². The molecule has 0 aliphatic carbocycles. The zero-order valence-corrected chi connectivity index (χ0v) is 18.2. The van der Waals surface area contributed by atoms with Crippen molar-refractivity contribution >= 4 is 33.2 Å². The van der Waals surface area contributed by atoms with Gasteiger partial charge in [0.25, 0.3) is 5.91 Å². The van der Waals surface area contributed by atoms with Crippen LogP contribution in [0.3, 0.4) is 0 Å². The predicted octanol–water partition coefficient (Wildman–Crippen LogP) is 1.86. The minimum Gasteiger partial charge on any atom is -0.452 e. The van der Waals surface area contributed by atoms with Gasteiger partial charge in [0.1, 0.15) is 5.56 Å². The fraction of sp³-hybridized carbons (Fsp3) is 0.300. The molecule has 0 fully saturated rings. The summed E-state index contributed by atoms with van der Waals surface area (Å²) in [5.41, 5.74) is 1.22. The lowest BCUT2D eigenvalue weighted by Crippen LogP contribution is -2.30. The molecule has 3 aromatic rings. The van der Waals surface area contributed by atoms with E-state index in [1.807, 2.05) is 0 Å². The second-order valence-electron chi connectivity index (χ2n) is 6.59. The van der Waals surface area contributed by atoms with E-state index in [1.54, 1.807) is 39.1 Å². The van der Waals surface area contributed by atoms with Gasteiger partial charge in [-0.1, -0.05) is 19.9 Å². The highest BCUT2D eigenvalue weighted by molar-refractivity contribution is 7.89. The maximum absolute atomic E-state index is 12.6. The van der Waals surface area contributed by atoms with E-state index in [9.17, 15) is 18.0 Å². The van der Waals surface area contributed by atoms with E-state index < -0.39 is 28.5 Å². The van der Waals surface area contributed by atoms with Crippen molar-refractivity contribution in [2.75, 3.05) is 25.0 Å². The molecule has 0 saturated carbocycles. The van der Waals surface area contributed by atoms with E-state index in [0.717, 1.165) is 0 Å². The number of rotatable bonds is 8. The fourth-order valence-corrected chi connectivity index (χ4v) is 4.59. The van der Waals surface area contributed by atoms with E-state index in [-0.39, 0.29) is 16.1 Å². The molecule has 0 unspecified atom stereocenters. The van der Waals surface area contributed by atoms with Crippen LogP contribution in [-0.4, -0.2) is 58.9 Å². The summed E-state index contributed by atoms with van der Waals surface area (Å²) >= 11 is 0. The number of hydrogen-bond donors (Lipinski definition) is 1. The largest absolute Gasteiger partial charge is 0.452 e. The number of benzene rings is 1. The maximum Gasteiger partial charge on any atom is 0.344 e. The number of anilines is 1. The fourth-order valence-electron chi connectivity index (χ4n) is 3.08. The Morgan fingerprint density at radius 1 is 1.19 bits per heavy atom. The van der Waals surface area contributed by atoms with Gasteiger partial charge in [0, 0.05) is 31.2 Å². The monoisotopic (exact) mass is 445 g/mol. The molecule has 31 heavy (non-hydrogen) atoms. The quantitative estimate of drug-likeness (QED) is 0.525. The van der Waals surface area contributed by atoms with Crippen molar-refractivity contribution in [1.29, 1.82) is 0 Å². The highest BCUT2D eigenvalue weighted by atomic mass is 32.2. The number of aromatic nitrogens is 3. The van der Waals surface area contributed by atoms with Crippen LogP contribution in [0, 0.1) is 6.92 Å². The van der Waals surface area contributed by atoms with Crippen LogP contribution in [0.25, 0.3) is 5.65 Å². The first-order chi connectivity index (χ1) is 14.8. The molecule has 3 rings (SSSR count). The van der Waals surface area contributed by atoms with E-state index in [0.29, 0.717) is 24.4 Å². The van der Waals surface area contributed by atoms with Crippen LogP contribution in [0.2, 0.25) is 0 Å². The van der Waals surface area contributed by atoms with Crippen molar-refractivity contribution in [2.24, 2.45) is 0 Å². The predicted molar refractivity (Wildman–Crippen MR) is 113 cm³/mol. The number of nitrogens with zero attached hydrogens (tertiary/aromatic N) is 4. The normalized spacial score (nSPS) is 11.6. The molecule has 2 heterocycles. The lowest BCUT2D eigenvalue weighted by molar-refractivity contribution is -0.119. The van der Waals surface area contributed by atoms with Gasteiger partial charge in [0.05, 0.1) is 10.6 Å². The molecular weight excluding hydrogens is 422 g/mol. The average Bonchev–Trinajstić information content (AvgIpc) is 3.08. The first-order valence-electron chi connectivity index (χ1n) is 9.65. The molecule has 1 N–H and O–H groups in total. The Labute approximate surface area is 179 Å². The standard InChI is InChI=1S/C20H23N5O5S/c1-4-24(5-2)31(28,29)16-9-6-8-15(12-16)22-17(26)13-30-20(27)18-14(3)23-25-11-7-10-21-19(18)25/h6-12H,4-5,13H2,1-3H3,(H,22,26). The van der Waals surface area contributed by atoms with E-state index in [4.69, 9.17) is 4.74 Å². The van der Waals surface area contributed by atoms with Crippen LogP contribution in [-0.2, 0) is 19.6 Å². The van der Waals surface area contributed by atoms with Crippen LogP contribution in [0.1, 0.15) is 29.9 Å².